The molecule has 0 unspecified atom stereocenters. The molecule has 0 spiro atoms. The maximum absolute atomic E-state index is 5.28. The van der Waals surface area contributed by atoms with Crippen LogP contribution >= 0.6 is 11.8 Å². The van der Waals surface area contributed by atoms with Gasteiger partial charge in [0.25, 0.3) is 0 Å². The molecule has 0 bridgehead atoms. The molecule has 0 aliphatic carbocycles. The van der Waals surface area contributed by atoms with Gasteiger partial charge in [0.05, 0.1) is 33.8 Å². The Morgan fingerprint density at radius 1 is 0.400 bits per heavy atom. The Balaban J connectivity index is 1.12. The van der Waals surface area contributed by atoms with Crippen molar-refractivity contribution in [3.63, 3.8) is 0 Å². The van der Waals surface area contributed by atoms with Crippen LogP contribution < -0.4 is 4.90 Å². The van der Waals surface area contributed by atoms with Gasteiger partial charge in [-0.25, -0.2) is 9.97 Å². The second-order valence-corrected chi connectivity index (χ2v) is 14.9. The van der Waals surface area contributed by atoms with Crippen LogP contribution in [0.3, 0.4) is 0 Å². The first-order valence-electron chi connectivity index (χ1n) is 18.5. The van der Waals surface area contributed by atoms with Crippen molar-refractivity contribution in [2.45, 2.75) is 9.79 Å². The summed E-state index contributed by atoms with van der Waals surface area (Å²) in [4.78, 5) is 15.4. The number of aromatic nitrogens is 3. The molecule has 4 nitrogen and oxygen atoms in total. The maximum atomic E-state index is 5.28. The fourth-order valence-corrected chi connectivity index (χ4v) is 9.12. The summed E-state index contributed by atoms with van der Waals surface area (Å²) in [6, 6.07) is 69.0. The summed E-state index contributed by atoms with van der Waals surface area (Å²) in [5, 5.41) is 4.77. The van der Waals surface area contributed by atoms with Crippen molar-refractivity contribution < 1.29 is 0 Å². The van der Waals surface area contributed by atoms with Gasteiger partial charge in [0.1, 0.15) is 0 Å². The average Bonchev–Trinajstić information content (AvgIpc) is 3.60. The Kier molecular flexibility index (Phi) is 7.39. The molecule has 1 aliphatic rings. The lowest BCUT2D eigenvalue weighted by Gasteiger charge is -2.33. The van der Waals surface area contributed by atoms with Crippen LogP contribution in [0, 0.1) is 0 Å². The molecule has 0 atom stereocenters. The molecule has 10 aromatic rings. The number of hydrogen-bond acceptors (Lipinski definition) is 4. The van der Waals surface area contributed by atoms with Crippen LogP contribution in [-0.4, -0.2) is 14.5 Å². The monoisotopic (exact) mass is 720 g/mol. The standard InChI is InChI=1S/C50H32N4S/c1-4-15-34(16-5-1)41-32-42(35-17-6-2-7-18-35)52-50(51-41)54-43-27-25-36(30-40(43)49-39-21-11-10-14-33(39)24-29-46(49)54)37-26-28-45-48(31-37)55-47-23-13-12-22-44(47)53(45)38-19-8-3-9-20-38/h1-32H. The summed E-state index contributed by atoms with van der Waals surface area (Å²) in [6.07, 6.45) is 0. The van der Waals surface area contributed by atoms with E-state index in [0.717, 1.165) is 44.8 Å². The van der Waals surface area contributed by atoms with Crippen LogP contribution in [-0.2, 0) is 0 Å². The molecule has 55 heavy (non-hydrogen) atoms. The number of nitrogens with zero attached hydrogens (tertiary/aromatic N) is 4. The Hall–Kier alpha value is -6.95. The molecule has 8 aromatic carbocycles. The predicted octanol–water partition coefficient (Wildman–Crippen LogP) is 13.7. The number of anilines is 3. The lowest BCUT2D eigenvalue weighted by Crippen LogP contribution is -2.14. The van der Waals surface area contributed by atoms with E-state index in [0.29, 0.717) is 5.95 Å². The van der Waals surface area contributed by atoms with Crippen LogP contribution in [0.5, 0.6) is 0 Å². The molecule has 0 amide bonds. The minimum atomic E-state index is 0.646. The Bertz CT molecular complexity index is 3010. The predicted molar refractivity (Wildman–Crippen MR) is 229 cm³/mol. The van der Waals surface area contributed by atoms with Gasteiger partial charge in [0, 0.05) is 37.4 Å². The molecule has 0 saturated carbocycles. The largest absolute Gasteiger partial charge is 0.308 e. The van der Waals surface area contributed by atoms with E-state index in [4.69, 9.17) is 9.97 Å². The molecule has 3 heterocycles. The van der Waals surface area contributed by atoms with Crippen molar-refractivity contribution in [2.75, 3.05) is 4.90 Å². The third-order valence-electron chi connectivity index (χ3n) is 10.6. The number of fused-ring (bicyclic) bond motifs is 7. The molecule has 11 rings (SSSR count). The van der Waals surface area contributed by atoms with Crippen molar-refractivity contribution >= 4 is 61.4 Å². The Morgan fingerprint density at radius 2 is 1.00 bits per heavy atom. The zero-order valence-corrected chi connectivity index (χ0v) is 30.5. The Labute approximate surface area is 323 Å². The molecule has 2 aromatic heterocycles. The normalized spacial score (nSPS) is 12.3. The molecular formula is C50H32N4S. The highest BCUT2D eigenvalue weighted by Crippen LogP contribution is 2.52. The molecule has 0 radical (unpaired) electrons. The van der Waals surface area contributed by atoms with E-state index in [1.54, 1.807) is 0 Å². The molecule has 0 saturated heterocycles. The zero-order valence-electron chi connectivity index (χ0n) is 29.7. The van der Waals surface area contributed by atoms with Crippen molar-refractivity contribution in [1.82, 2.24) is 14.5 Å². The number of hydrogen-bond donors (Lipinski definition) is 0. The molecular weight excluding hydrogens is 689 g/mol. The van der Waals surface area contributed by atoms with Gasteiger partial charge in [-0.1, -0.05) is 145 Å². The Morgan fingerprint density at radius 3 is 1.76 bits per heavy atom. The number of para-hydroxylation sites is 2. The summed E-state index contributed by atoms with van der Waals surface area (Å²) in [6.45, 7) is 0. The van der Waals surface area contributed by atoms with Crippen molar-refractivity contribution in [3.05, 3.63) is 194 Å². The zero-order chi connectivity index (χ0) is 36.3. The molecule has 5 heteroatoms. The quantitative estimate of drug-likeness (QED) is 0.177. The van der Waals surface area contributed by atoms with Crippen molar-refractivity contribution in [3.8, 4) is 39.6 Å². The first-order chi connectivity index (χ1) is 27.3. The highest BCUT2D eigenvalue weighted by Gasteiger charge is 2.25. The van der Waals surface area contributed by atoms with Crippen LogP contribution in [0.15, 0.2) is 204 Å². The van der Waals surface area contributed by atoms with Crippen LogP contribution in [0.4, 0.5) is 17.1 Å². The van der Waals surface area contributed by atoms with E-state index in [2.05, 4.69) is 191 Å². The van der Waals surface area contributed by atoms with Gasteiger partial charge in [-0.3, -0.25) is 4.57 Å². The number of rotatable bonds is 5. The van der Waals surface area contributed by atoms with Crippen LogP contribution in [0.2, 0.25) is 0 Å². The summed E-state index contributed by atoms with van der Waals surface area (Å²) in [7, 11) is 0. The van der Waals surface area contributed by atoms with E-state index in [9.17, 15) is 0 Å². The lowest BCUT2D eigenvalue weighted by molar-refractivity contribution is 0.996. The van der Waals surface area contributed by atoms with Gasteiger partial charge in [-0.2, -0.15) is 0 Å². The van der Waals surface area contributed by atoms with Crippen molar-refractivity contribution in [2.24, 2.45) is 0 Å². The second-order valence-electron chi connectivity index (χ2n) is 13.8. The smallest absolute Gasteiger partial charge is 0.235 e. The van der Waals surface area contributed by atoms with Crippen LogP contribution in [0.25, 0.3) is 72.2 Å². The van der Waals surface area contributed by atoms with E-state index >= 15 is 0 Å². The fraction of sp³-hybridized carbons (Fsp3) is 0. The first kappa shape index (κ1) is 31.6. The SMILES string of the molecule is c1ccc(-c2cc(-c3ccccc3)nc(-n3c4ccc(-c5ccc6c(c5)Sc5ccccc5N6c5ccccc5)cc4c4c5ccccc5ccc43)n2)cc1. The van der Waals surface area contributed by atoms with Gasteiger partial charge in [-0.05, 0) is 82.6 Å². The fourth-order valence-electron chi connectivity index (χ4n) is 8.03. The van der Waals surface area contributed by atoms with Gasteiger partial charge >= 0.3 is 0 Å². The minimum absolute atomic E-state index is 0.646. The highest BCUT2D eigenvalue weighted by atomic mass is 32.2. The lowest BCUT2D eigenvalue weighted by atomic mass is 9.99. The topological polar surface area (TPSA) is 34.0 Å². The highest BCUT2D eigenvalue weighted by molar-refractivity contribution is 7.99. The first-order valence-corrected chi connectivity index (χ1v) is 19.3. The molecule has 0 fully saturated rings. The van der Waals surface area contributed by atoms with E-state index in [-0.39, 0.29) is 0 Å². The third-order valence-corrected chi connectivity index (χ3v) is 11.7. The van der Waals surface area contributed by atoms with E-state index in [1.165, 1.54) is 48.3 Å². The second kappa shape index (κ2) is 12.9. The number of benzene rings is 8. The molecule has 258 valence electrons. The summed E-state index contributed by atoms with van der Waals surface area (Å²) in [5.41, 5.74) is 11.9. The maximum Gasteiger partial charge on any atom is 0.235 e. The average molecular weight is 721 g/mol. The molecule has 0 N–H and O–H groups in total. The summed E-state index contributed by atoms with van der Waals surface area (Å²) >= 11 is 1.84. The minimum Gasteiger partial charge on any atom is -0.308 e. The van der Waals surface area contributed by atoms with Crippen LogP contribution in [0.1, 0.15) is 0 Å². The van der Waals surface area contributed by atoms with E-state index in [1.807, 2.05) is 23.9 Å². The third kappa shape index (κ3) is 5.31. The summed E-state index contributed by atoms with van der Waals surface area (Å²) in [5.74, 6) is 0.646. The summed E-state index contributed by atoms with van der Waals surface area (Å²) < 4.78 is 2.25. The van der Waals surface area contributed by atoms with E-state index < -0.39 is 0 Å². The van der Waals surface area contributed by atoms with Gasteiger partial charge in [-0.15, -0.1) is 0 Å². The van der Waals surface area contributed by atoms with Crippen molar-refractivity contribution in [1.29, 1.82) is 0 Å². The van der Waals surface area contributed by atoms with Gasteiger partial charge in [0.2, 0.25) is 5.95 Å². The van der Waals surface area contributed by atoms with Gasteiger partial charge < -0.3 is 4.90 Å². The van der Waals surface area contributed by atoms with Gasteiger partial charge in [0.15, 0.2) is 0 Å². The molecule has 1 aliphatic heterocycles.